The molecule has 0 atom stereocenters. The van der Waals surface area contributed by atoms with Gasteiger partial charge in [-0.3, -0.25) is 0 Å². The summed E-state index contributed by atoms with van der Waals surface area (Å²) in [4.78, 5) is 0. The van der Waals surface area contributed by atoms with Crippen molar-refractivity contribution in [2.24, 2.45) is 11.8 Å². The first-order valence-corrected chi connectivity index (χ1v) is 6.66. The molecular weight excluding hydrogens is 182 g/mol. The molecule has 1 N–H and O–H groups in total. The Labute approximate surface area is 95.3 Å². The summed E-state index contributed by atoms with van der Waals surface area (Å²) in [5, 5.41) is 3.45. The van der Waals surface area contributed by atoms with Crippen molar-refractivity contribution in [1.29, 1.82) is 0 Å². The second-order valence-corrected chi connectivity index (χ2v) is 5.23. The lowest BCUT2D eigenvalue weighted by atomic mass is 10.00. The Kier molecular flexibility index (Phi) is 6.74. The van der Waals surface area contributed by atoms with E-state index in [2.05, 4.69) is 31.3 Å². The zero-order chi connectivity index (χ0) is 10.9. The SMILES string of the molecule is CC(C)CNCC=CC1CCCCCC1. The van der Waals surface area contributed by atoms with E-state index in [0.717, 1.165) is 24.9 Å². The van der Waals surface area contributed by atoms with E-state index in [1.807, 2.05) is 0 Å². The van der Waals surface area contributed by atoms with Crippen molar-refractivity contribution in [2.45, 2.75) is 52.4 Å². The predicted octanol–water partition coefficient (Wildman–Crippen LogP) is 3.76. The largest absolute Gasteiger partial charge is 0.313 e. The van der Waals surface area contributed by atoms with Crippen LogP contribution in [0.1, 0.15) is 52.4 Å². The number of rotatable bonds is 5. The van der Waals surface area contributed by atoms with Gasteiger partial charge in [0.2, 0.25) is 0 Å². The minimum Gasteiger partial charge on any atom is -0.313 e. The molecule has 0 aromatic carbocycles. The van der Waals surface area contributed by atoms with Gasteiger partial charge in [-0.15, -0.1) is 0 Å². The highest BCUT2D eigenvalue weighted by Gasteiger charge is 2.08. The van der Waals surface area contributed by atoms with Gasteiger partial charge in [-0.05, 0) is 31.2 Å². The highest BCUT2D eigenvalue weighted by Crippen LogP contribution is 2.23. The number of nitrogens with one attached hydrogen (secondary N) is 1. The molecule has 0 amide bonds. The van der Waals surface area contributed by atoms with E-state index in [-0.39, 0.29) is 0 Å². The minimum absolute atomic E-state index is 0.760. The molecule has 0 spiro atoms. The van der Waals surface area contributed by atoms with E-state index < -0.39 is 0 Å². The summed E-state index contributed by atoms with van der Waals surface area (Å²) in [6.45, 7) is 6.69. The molecule has 0 heterocycles. The van der Waals surface area contributed by atoms with Gasteiger partial charge in [0.1, 0.15) is 0 Å². The van der Waals surface area contributed by atoms with E-state index >= 15 is 0 Å². The molecule has 1 heteroatoms. The summed E-state index contributed by atoms with van der Waals surface area (Å²) < 4.78 is 0. The van der Waals surface area contributed by atoms with Crippen LogP contribution in [-0.4, -0.2) is 13.1 Å². The van der Waals surface area contributed by atoms with Gasteiger partial charge < -0.3 is 5.32 Å². The first kappa shape index (κ1) is 12.8. The molecule has 0 aromatic rings. The van der Waals surface area contributed by atoms with Gasteiger partial charge >= 0.3 is 0 Å². The molecule has 1 aliphatic carbocycles. The lowest BCUT2D eigenvalue weighted by molar-refractivity contribution is 0.552. The van der Waals surface area contributed by atoms with Gasteiger partial charge in [0, 0.05) is 6.54 Å². The van der Waals surface area contributed by atoms with E-state index in [1.165, 1.54) is 38.5 Å². The maximum absolute atomic E-state index is 3.45. The van der Waals surface area contributed by atoms with Crippen LogP contribution in [0.3, 0.4) is 0 Å². The molecule has 1 aliphatic rings. The van der Waals surface area contributed by atoms with Gasteiger partial charge in [0.25, 0.3) is 0 Å². The molecule has 0 aromatic heterocycles. The molecule has 1 fully saturated rings. The molecule has 0 bridgehead atoms. The summed E-state index contributed by atoms with van der Waals surface area (Å²) in [7, 11) is 0. The van der Waals surface area contributed by atoms with Crippen LogP contribution in [0.5, 0.6) is 0 Å². The zero-order valence-electron chi connectivity index (χ0n) is 10.5. The van der Waals surface area contributed by atoms with Crippen LogP contribution in [-0.2, 0) is 0 Å². The van der Waals surface area contributed by atoms with Gasteiger partial charge in [0.15, 0.2) is 0 Å². The fourth-order valence-electron chi connectivity index (χ4n) is 2.22. The summed E-state index contributed by atoms with van der Waals surface area (Å²) >= 11 is 0. The van der Waals surface area contributed by atoms with Crippen molar-refractivity contribution < 1.29 is 0 Å². The van der Waals surface area contributed by atoms with Crippen LogP contribution >= 0.6 is 0 Å². The third kappa shape index (κ3) is 6.72. The molecule has 1 saturated carbocycles. The van der Waals surface area contributed by atoms with E-state index in [4.69, 9.17) is 0 Å². The maximum Gasteiger partial charge on any atom is 0.0135 e. The van der Waals surface area contributed by atoms with Crippen LogP contribution in [0, 0.1) is 11.8 Å². The fourth-order valence-corrected chi connectivity index (χ4v) is 2.22. The molecule has 15 heavy (non-hydrogen) atoms. The lowest BCUT2D eigenvalue weighted by Crippen LogP contribution is -2.19. The summed E-state index contributed by atoms with van der Waals surface area (Å²) in [5.41, 5.74) is 0. The quantitative estimate of drug-likeness (QED) is 0.413. The second-order valence-electron chi connectivity index (χ2n) is 5.23. The Hall–Kier alpha value is -0.300. The van der Waals surface area contributed by atoms with Gasteiger partial charge in [-0.25, -0.2) is 0 Å². The van der Waals surface area contributed by atoms with Crippen LogP contribution < -0.4 is 5.32 Å². The number of hydrogen-bond acceptors (Lipinski definition) is 1. The van der Waals surface area contributed by atoms with Crippen LogP contribution in [0.25, 0.3) is 0 Å². The van der Waals surface area contributed by atoms with Crippen molar-refractivity contribution in [3.8, 4) is 0 Å². The topological polar surface area (TPSA) is 12.0 Å². The average molecular weight is 209 g/mol. The molecule has 1 rings (SSSR count). The summed E-state index contributed by atoms with van der Waals surface area (Å²) in [6.07, 6.45) is 13.4. The van der Waals surface area contributed by atoms with Gasteiger partial charge in [-0.2, -0.15) is 0 Å². The van der Waals surface area contributed by atoms with Crippen molar-refractivity contribution >= 4 is 0 Å². The number of hydrogen-bond donors (Lipinski definition) is 1. The average Bonchev–Trinajstić information content (AvgIpc) is 2.45. The van der Waals surface area contributed by atoms with Gasteiger partial charge in [0.05, 0.1) is 0 Å². The standard InChI is InChI=1S/C14H27N/c1-13(2)12-15-11-7-10-14-8-5-3-4-6-9-14/h7,10,13-15H,3-6,8-9,11-12H2,1-2H3. The fraction of sp³-hybridized carbons (Fsp3) is 0.857. The maximum atomic E-state index is 3.45. The van der Waals surface area contributed by atoms with E-state index in [1.54, 1.807) is 0 Å². The van der Waals surface area contributed by atoms with Crippen LogP contribution in [0.2, 0.25) is 0 Å². The van der Waals surface area contributed by atoms with Gasteiger partial charge in [-0.1, -0.05) is 51.7 Å². The molecule has 0 aliphatic heterocycles. The third-order valence-corrected chi connectivity index (χ3v) is 3.12. The molecule has 88 valence electrons. The molecule has 0 saturated heterocycles. The first-order chi connectivity index (χ1) is 7.29. The normalized spacial score (nSPS) is 19.9. The highest BCUT2D eigenvalue weighted by molar-refractivity contribution is 4.90. The minimum atomic E-state index is 0.760. The summed E-state index contributed by atoms with van der Waals surface area (Å²) in [5.74, 6) is 1.63. The van der Waals surface area contributed by atoms with Crippen molar-refractivity contribution in [1.82, 2.24) is 5.32 Å². The third-order valence-electron chi connectivity index (χ3n) is 3.12. The molecule has 0 unspecified atom stereocenters. The second kappa shape index (κ2) is 7.92. The Morgan fingerprint density at radius 3 is 2.40 bits per heavy atom. The molecule has 1 nitrogen and oxygen atoms in total. The van der Waals surface area contributed by atoms with Crippen molar-refractivity contribution in [3.63, 3.8) is 0 Å². The van der Waals surface area contributed by atoms with Crippen molar-refractivity contribution in [3.05, 3.63) is 12.2 Å². The summed E-state index contributed by atoms with van der Waals surface area (Å²) in [6, 6.07) is 0. The predicted molar refractivity (Wildman–Crippen MR) is 68.0 cm³/mol. The zero-order valence-corrected chi connectivity index (χ0v) is 10.5. The lowest BCUT2D eigenvalue weighted by Gasteiger charge is -2.08. The number of allylic oxidation sites excluding steroid dienone is 1. The monoisotopic (exact) mass is 209 g/mol. The van der Waals surface area contributed by atoms with Crippen LogP contribution in [0.4, 0.5) is 0 Å². The molecular formula is C14H27N. The Morgan fingerprint density at radius 2 is 1.80 bits per heavy atom. The first-order valence-electron chi connectivity index (χ1n) is 6.66. The van der Waals surface area contributed by atoms with Crippen molar-refractivity contribution in [2.75, 3.05) is 13.1 Å². The Balaban J connectivity index is 2.07. The Bertz CT molecular complexity index is 164. The van der Waals surface area contributed by atoms with Crippen LogP contribution in [0.15, 0.2) is 12.2 Å². The Morgan fingerprint density at radius 1 is 1.13 bits per heavy atom. The smallest absolute Gasteiger partial charge is 0.0135 e. The van der Waals surface area contributed by atoms with E-state index in [9.17, 15) is 0 Å². The highest BCUT2D eigenvalue weighted by atomic mass is 14.8. The molecule has 0 radical (unpaired) electrons. The van der Waals surface area contributed by atoms with E-state index in [0.29, 0.717) is 0 Å².